The Morgan fingerprint density at radius 2 is 2.07 bits per heavy atom. The fraction of sp³-hybridized carbons (Fsp3) is 0.500. The van der Waals surface area contributed by atoms with Crippen LogP contribution >= 0.6 is 35.3 Å². The molecule has 0 amide bonds. The monoisotopic (exact) mass is 515 g/mol. The van der Waals surface area contributed by atoms with Gasteiger partial charge in [-0.1, -0.05) is 6.07 Å². The number of aromatic nitrogens is 1. The molecule has 1 fully saturated rings. The smallest absolute Gasteiger partial charge is 0.191 e. The molecule has 8 heteroatoms. The second-order valence-corrected chi connectivity index (χ2v) is 7.83. The molecule has 0 radical (unpaired) electrons. The van der Waals surface area contributed by atoms with Crippen LogP contribution in [0.3, 0.4) is 0 Å². The van der Waals surface area contributed by atoms with E-state index in [0.717, 1.165) is 51.0 Å². The lowest BCUT2D eigenvalue weighted by molar-refractivity contribution is 0.0177. The first kappa shape index (κ1) is 23.1. The topological polar surface area (TPSA) is 61.8 Å². The van der Waals surface area contributed by atoms with Crippen LogP contribution in [0.15, 0.2) is 41.5 Å². The third-order valence-electron chi connectivity index (χ3n) is 4.51. The summed E-state index contributed by atoms with van der Waals surface area (Å²) in [7, 11) is 0. The SMILES string of the molecule is CCNC(=NCc1ccccn1)NCC(c1ccc(C)s1)N1CCOCC1.I. The Kier molecular flexibility index (Phi) is 10.2. The normalized spacial score (nSPS) is 16.3. The van der Waals surface area contributed by atoms with Crippen LogP contribution in [0, 0.1) is 6.92 Å². The van der Waals surface area contributed by atoms with Crippen LogP contribution in [-0.4, -0.2) is 55.2 Å². The van der Waals surface area contributed by atoms with E-state index < -0.39 is 0 Å². The van der Waals surface area contributed by atoms with E-state index >= 15 is 0 Å². The number of rotatable bonds is 7. The summed E-state index contributed by atoms with van der Waals surface area (Å²) in [5.41, 5.74) is 0.966. The van der Waals surface area contributed by atoms with Crippen LogP contribution in [0.2, 0.25) is 0 Å². The van der Waals surface area contributed by atoms with E-state index in [1.807, 2.05) is 29.5 Å². The maximum atomic E-state index is 5.54. The molecule has 0 aromatic carbocycles. The summed E-state index contributed by atoms with van der Waals surface area (Å²) in [6, 6.07) is 10.7. The molecule has 154 valence electrons. The van der Waals surface area contributed by atoms with Gasteiger partial charge in [0.15, 0.2) is 5.96 Å². The predicted molar refractivity (Wildman–Crippen MR) is 127 cm³/mol. The lowest BCUT2D eigenvalue weighted by Crippen LogP contribution is -2.46. The lowest BCUT2D eigenvalue weighted by Gasteiger charge is -2.34. The third-order valence-corrected chi connectivity index (χ3v) is 5.61. The Morgan fingerprint density at radius 3 is 2.71 bits per heavy atom. The highest BCUT2D eigenvalue weighted by Gasteiger charge is 2.24. The highest BCUT2D eigenvalue weighted by Crippen LogP contribution is 2.27. The Labute approximate surface area is 188 Å². The number of hydrogen-bond acceptors (Lipinski definition) is 5. The van der Waals surface area contributed by atoms with Crippen LogP contribution in [0.1, 0.15) is 28.4 Å². The average Bonchev–Trinajstić information content (AvgIpc) is 3.14. The minimum Gasteiger partial charge on any atom is -0.379 e. The maximum Gasteiger partial charge on any atom is 0.191 e. The number of halogens is 1. The van der Waals surface area contributed by atoms with Gasteiger partial charge in [0.1, 0.15) is 0 Å². The van der Waals surface area contributed by atoms with Gasteiger partial charge in [0, 0.05) is 42.1 Å². The molecule has 2 aromatic rings. The number of nitrogens with one attached hydrogen (secondary N) is 2. The van der Waals surface area contributed by atoms with Gasteiger partial charge in [-0.15, -0.1) is 35.3 Å². The largest absolute Gasteiger partial charge is 0.379 e. The van der Waals surface area contributed by atoms with Gasteiger partial charge in [0.25, 0.3) is 0 Å². The van der Waals surface area contributed by atoms with Gasteiger partial charge < -0.3 is 15.4 Å². The molecule has 0 bridgehead atoms. The molecule has 1 aliphatic rings. The lowest BCUT2D eigenvalue weighted by atomic mass is 10.2. The van der Waals surface area contributed by atoms with Gasteiger partial charge in [-0.2, -0.15) is 0 Å². The fourth-order valence-corrected chi connectivity index (χ4v) is 4.13. The van der Waals surface area contributed by atoms with E-state index in [0.29, 0.717) is 12.6 Å². The molecule has 2 aromatic heterocycles. The molecule has 1 unspecified atom stereocenters. The van der Waals surface area contributed by atoms with Crippen LogP contribution in [0.4, 0.5) is 0 Å². The number of guanidine groups is 1. The average molecular weight is 515 g/mol. The minimum absolute atomic E-state index is 0. The van der Waals surface area contributed by atoms with Crippen LogP contribution in [-0.2, 0) is 11.3 Å². The van der Waals surface area contributed by atoms with Gasteiger partial charge in [-0.25, -0.2) is 4.99 Å². The van der Waals surface area contributed by atoms with Crippen molar-refractivity contribution in [2.24, 2.45) is 4.99 Å². The van der Waals surface area contributed by atoms with Crippen molar-refractivity contribution in [1.82, 2.24) is 20.5 Å². The zero-order chi connectivity index (χ0) is 18.9. The number of hydrogen-bond donors (Lipinski definition) is 2. The molecule has 1 aliphatic heterocycles. The van der Waals surface area contributed by atoms with Gasteiger partial charge in [-0.3, -0.25) is 9.88 Å². The number of morpholine rings is 1. The highest BCUT2D eigenvalue weighted by atomic mass is 127. The number of thiophene rings is 1. The first-order valence-corrected chi connectivity index (χ1v) is 10.4. The van der Waals surface area contributed by atoms with E-state index in [1.54, 1.807) is 6.20 Å². The van der Waals surface area contributed by atoms with E-state index in [-0.39, 0.29) is 24.0 Å². The van der Waals surface area contributed by atoms with Crippen molar-refractivity contribution < 1.29 is 4.74 Å². The van der Waals surface area contributed by atoms with Crippen molar-refractivity contribution in [2.45, 2.75) is 26.4 Å². The second kappa shape index (κ2) is 12.4. The van der Waals surface area contributed by atoms with Crippen molar-refractivity contribution in [3.05, 3.63) is 52.0 Å². The zero-order valence-electron chi connectivity index (χ0n) is 16.6. The van der Waals surface area contributed by atoms with Gasteiger partial charge in [-0.05, 0) is 38.1 Å². The van der Waals surface area contributed by atoms with Crippen LogP contribution < -0.4 is 10.6 Å². The van der Waals surface area contributed by atoms with Crippen molar-refractivity contribution >= 4 is 41.3 Å². The minimum atomic E-state index is 0. The van der Waals surface area contributed by atoms with Crippen LogP contribution in [0.25, 0.3) is 0 Å². The standard InChI is InChI=1S/C20H29N5OS.HI/c1-3-21-20(23-14-17-6-4-5-9-22-17)24-15-18(19-8-7-16(2)27-19)25-10-12-26-13-11-25;/h4-9,18H,3,10-15H2,1-2H3,(H2,21,23,24);1H. The summed E-state index contributed by atoms with van der Waals surface area (Å²) in [6.45, 7) is 9.98. The molecule has 3 heterocycles. The molecule has 1 atom stereocenters. The van der Waals surface area contributed by atoms with E-state index in [1.165, 1.54) is 9.75 Å². The summed E-state index contributed by atoms with van der Waals surface area (Å²) >= 11 is 1.87. The summed E-state index contributed by atoms with van der Waals surface area (Å²) in [4.78, 5) is 14.3. The summed E-state index contributed by atoms with van der Waals surface area (Å²) in [5, 5.41) is 6.87. The van der Waals surface area contributed by atoms with E-state index in [2.05, 4.69) is 46.5 Å². The molecule has 3 rings (SSSR count). The molecular weight excluding hydrogens is 485 g/mol. The first-order valence-electron chi connectivity index (χ1n) is 9.56. The number of aryl methyl sites for hydroxylation is 1. The Hall–Kier alpha value is -1.23. The molecular formula is C20H30IN5OS. The number of ether oxygens (including phenoxy) is 1. The highest BCUT2D eigenvalue weighted by molar-refractivity contribution is 14.0. The summed E-state index contributed by atoms with van der Waals surface area (Å²) < 4.78 is 5.54. The first-order chi connectivity index (χ1) is 13.3. The fourth-order valence-electron chi connectivity index (χ4n) is 3.12. The zero-order valence-corrected chi connectivity index (χ0v) is 19.7. The Morgan fingerprint density at radius 1 is 1.25 bits per heavy atom. The molecule has 0 aliphatic carbocycles. The van der Waals surface area contributed by atoms with Crippen molar-refractivity contribution in [3.63, 3.8) is 0 Å². The maximum absolute atomic E-state index is 5.54. The summed E-state index contributed by atoms with van der Waals surface area (Å²) in [6.07, 6.45) is 1.80. The molecule has 1 saturated heterocycles. The number of pyridine rings is 1. The quantitative estimate of drug-likeness (QED) is 0.337. The van der Waals surface area contributed by atoms with Gasteiger partial charge in [0.05, 0.1) is 31.5 Å². The Bertz CT molecular complexity index is 718. The van der Waals surface area contributed by atoms with Crippen molar-refractivity contribution in [2.75, 3.05) is 39.4 Å². The third kappa shape index (κ3) is 6.98. The number of aliphatic imine (C=N–C) groups is 1. The number of nitrogens with zero attached hydrogens (tertiary/aromatic N) is 3. The molecule has 28 heavy (non-hydrogen) atoms. The molecule has 0 spiro atoms. The van der Waals surface area contributed by atoms with E-state index in [4.69, 9.17) is 9.73 Å². The van der Waals surface area contributed by atoms with Crippen molar-refractivity contribution in [1.29, 1.82) is 0 Å². The van der Waals surface area contributed by atoms with Crippen molar-refractivity contribution in [3.8, 4) is 0 Å². The van der Waals surface area contributed by atoms with Gasteiger partial charge >= 0.3 is 0 Å². The van der Waals surface area contributed by atoms with E-state index in [9.17, 15) is 0 Å². The predicted octanol–water partition coefficient (Wildman–Crippen LogP) is 3.20. The Balaban J connectivity index is 0.00000280. The van der Waals surface area contributed by atoms with Gasteiger partial charge in [0.2, 0.25) is 0 Å². The summed E-state index contributed by atoms with van der Waals surface area (Å²) in [5.74, 6) is 0.828. The molecule has 0 saturated carbocycles. The second-order valence-electron chi connectivity index (χ2n) is 6.51. The molecule has 6 nitrogen and oxygen atoms in total. The molecule has 2 N–H and O–H groups in total. The van der Waals surface area contributed by atoms with Crippen LogP contribution in [0.5, 0.6) is 0 Å².